The molecule has 1 aliphatic heterocycles. The molecule has 150 valence electrons. The van der Waals surface area contributed by atoms with Gasteiger partial charge in [0.1, 0.15) is 5.56 Å². The Morgan fingerprint density at radius 1 is 1.07 bits per heavy atom. The van der Waals surface area contributed by atoms with Gasteiger partial charge in [0.15, 0.2) is 17.2 Å². The van der Waals surface area contributed by atoms with Gasteiger partial charge in [0.05, 0.1) is 26.3 Å². The fraction of sp³-hybridized carbons (Fsp3) is 0.200. The first-order chi connectivity index (χ1) is 13.9. The highest BCUT2D eigenvalue weighted by Gasteiger charge is 2.29. The second-order valence-electron chi connectivity index (χ2n) is 6.07. The van der Waals surface area contributed by atoms with Crippen LogP contribution in [0, 0.1) is 17.0 Å². The molecule has 0 saturated heterocycles. The zero-order valence-corrected chi connectivity index (χ0v) is 16.2. The van der Waals surface area contributed by atoms with E-state index < -0.39 is 10.9 Å². The zero-order valence-electron chi connectivity index (χ0n) is 16.2. The molecule has 3 rings (SSSR count). The number of methoxy groups -OCH3 is 3. The maximum absolute atomic E-state index is 12.3. The summed E-state index contributed by atoms with van der Waals surface area (Å²) in [5.41, 5.74) is 1.25. The Kier molecular flexibility index (Phi) is 5.49. The van der Waals surface area contributed by atoms with E-state index in [1.807, 2.05) is 0 Å². The number of hydrogen-bond donors (Lipinski definition) is 0. The molecule has 29 heavy (non-hydrogen) atoms. The van der Waals surface area contributed by atoms with Crippen LogP contribution in [-0.2, 0) is 9.53 Å². The second kappa shape index (κ2) is 8.01. The number of carbonyl (C=O) groups is 1. The Morgan fingerprint density at radius 2 is 1.72 bits per heavy atom. The Hall–Kier alpha value is -3.88. The minimum Gasteiger partial charge on any atom is -0.493 e. The third-order valence-electron chi connectivity index (χ3n) is 4.19. The number of aliphatic imine (C=N–C) groups is 1. The van der Waals surface area contributed by atoms with Gasteiger partial charge in [0, 0.05) is 6.07 Å². The Labute approximate surface area is 166 Å². The number of nitro groups is 1. The smallest absolute Gasteiger partial charge is 0.363 e. The molecule has 0 unspecified atom stereocenters. The van der Waals surface area contributed by atoms with Crippen molar-refractivity contribution in [2.45, 2.75) is 6.92 Å². The predicted molar refractivity (Wildman–Crippen MR) is 105 cm³/mol. The van der Waals surface area contributed by atoms with Gasteiger partial charge < -0.3 is 18.9 Å². The summed E-state index contributed by atoms with van der Waals surface area (Å²) < 4.78 is 21.0. The Morgan fingerprint density at radius 3 is 2.28 bits per heavy atom. The quantitative estimate of drug-likeness (QED) is 0.318. The fourth-order valence-electron chi connectivity index (χ4n) is 2.85. The molecule has 0 radical (unpaired) electrons. The van der Waals surface area contributed by atoms with Crippen LogP contribution in [0.4, 0.5) is 5.69 Å². The van der Waals surface area contributed by atoms with Crippen LogP contribution in [0.3, 0.4) is 0 Å². The monoisotopic (exact) mass is 398 g/mol. The first-order valence-electron chi connectivity index (χ1n) is 8.46. The summed E-state index contributed by atoms with van der Waals surface area (Å²) in [4.78, 5) is 27.2. The van der Waals surface area contributed by atoms with Crippen molar-refractivity contribution in [3.63, 3.8) is 0 Å². The van der Waals surface area contributed by atoms with E-state index in [2.05, 4.69) is 4.99 Å². The molecule has 0 fully saturated rings. The van der Waals surface area contributed by atoms with Crippen molar-refractivity contribution in [2.24, 2.45) is 4.99 Å². The third-order valence-corrected chi connectivity index (χ3v) is 4.19. The van der Waals surface area contributed by atoms with Crippen molar-refractivity contribution < 1.29 is 28.7 Å². The molecular formula is C20H18N2O7. The van der Waals surface area contributed by atoms with E-state index in [-0.39, 0.29) is 22.8 Å². The summed E-state index contributed by atoms with van der Waals surface area (Å²) in [6.07, 6.45) is 1.47. The maximum Gasteiger partial charge on any atom is 0.363 e. The van der Waals surface area contributed by atoms with E-state index in [9.17, 15) is 14.9 Å². The second-order valence-corrected chi connectivity index (χ2v) is 6.07. The SMILES string of the molecule is COc1cc(C=C2N=C(c3cc(C)ccc3[N+](=O)[O-])OC2=O)cc(OC)c1OC. The van der Waals surface area contributed by atoms with E-state index in [1.165, 1.54) is 33.5 Å². The van der Waals surface area contributed by atoms with Crippen LogP contribution < -0.4 is 14.2 Å². The number of carbonyl (C=O) groups excluding carboxylic acids is 1. The molecule has 0 amide bonds. The van der Waals surface area contributed by atoms with Crippen molar-refractivity contribution in [2.75, 3.05) is 21.3 Å². The zero-order chi connectivity index (χ0) is 21.1. The van der Waals surface area contributed by atoms with Gasteiger partial charge in [-0.2, -0.15) is 0 Å². The number of aryl methyl sites for hydroxylation is 1. The van der Waals surface area contributed by atoms with Crippen LogP contribution in [0.5, 0.6) is 17.2 Å². The number of nitro benzene ring substituents is 1. The topological polar surface area (TPSA) is 109 Å². The van der Waals surface area contributed by atoms with Gasteiger partial charge in [-0.1, -0.05) is 6.07 Å². The summed E-state index contributed by atoms with van der Waals surface area (Å²) in [5.74, 6) is 0.381. The first kappa shape index (κ1) is 19.9. The number of benzene rings is 2. The molecule has 1 aliphatic rings. The van der Waals surface area contributed by atoms with Crippen LogP contribution in [0.25, 0.3) is 6.08 Å². The van der Waals surface area contributed by atoms with Crippen molar-refractivity contribution in [3.8, 4) is 17.2 Å². The third kappa shape index (κ3) is 3.88. The molecule has 0 aromatic heterocycles. The summed E-state index contributed by atoms with van der Waals surface area (Å²) in [5, 5.41) is 11.3. The lowest BCUT2D eigenvalue weighted by atomic mass is 10.1. The standard InChI is InChI=1S/C20H18N2O7/c1-11-5-6-15(22(24)25)13(7-11)19-21-14(20(23)29-19)8-12-9-16(26-2)18(28-4)17(10-12)27-3/h5-10H,1-4H3. The van der Waals surface area contributed by atoms with E-state index in [4.69, 9.17) is 18.9 Å². The molecule has 0 bridgehead atoms. The molecule has 9 heteroatoms. The molecule has 0 N–H and O–H groups in total. The van der Waals surface area contributed by atoms with Gasteiger partial charge in [0.25, 0.3) is 5.69 Å². The largest absolute Gasteiger partial charge is 0.493 e. The van der Waals surface area contributed by atoms with Gasteiger partial charge in [-0.25, -0.2) is 9.79 Å². The lowest BCUT2D eigenvalue weighted by Crippen LogP contribution is -2.08. The molecule has 0 saturated carbocycles. The van der Waals surface area contributed by atoms with Gasteiger partial charge in [-0.05, 0) is 42.3 Å². The van der Waals surface area contributed by atoms with E-state index in [0.717, 1.165) is 5.56 Å². The Balaban J connectivity index is 2.07. The summed E-state index contributed by atoms with van der Waals surface area (Å²) in [6, 6.07) is 7.79. The number of esters is 1. The highest BCUT2D eigenvalue weighted by atomic mass is 16.6. The molecular weight excluding hydrogens is 380 g/mol. The number of hydrogen-bond acceptors (Lipinski definition) is 8. The molecule has 2 aromatic carbocycles. The lowest BCUT2D eigenvalue weighted by molar-refractivity contribution is -0.385. The average molecular weight is 398 g/mol. The van der Waals surface area contributed by atoms with Crippen molar-refractivity contribution >= 4 is 23.6 Å². The molecule has 2 aromatic rings. The van der Waals surface area contributed by atoms with Crippen LogP contribution in [-0.4, -0.2) is 38.1 Å². The molecule has 0 aliphatic carbocycles. The van der Waals surface area contributed by atoms with Crippen LogP contribution >= 0.6 is 0 Å². The summed E-state index contributed by atoms with van der Waals surface area (Å²) in [6.45, 7) is 1.78. The van der Waals surface area contributed by atoms with Gasteiger partial charge >= 0.3 is 5.97 Å². The molecule has 0 atom stereocenters. The first-order valence-corrected chi connectivity index (χ1v) is 8.46. The number of nitrogens with zero attached hydrogens (tertiary/aromatic N) is 2. The minimum absolute atomic E-state index is 0.00919. The average Bonchev–Trinajstić information content (AvgIpc) is 3.07. The van der Waals surface area contributed by atoms with Gasteiger partial charge in [-0.3, -0.25) is 10.1 Å². The van der Waals surface area contributed by atoms with E-state index >= 15 is 0 Å². The van der Waals surface area contributed by atoms with Crippen molar-refractivity contribution in [3.05, 3.63) is 62.8 Å². The lowest BCUT2D eigenvalue weighted by Gasteiger charge is -2.12. The highest BCUT2D eigenvalue weighted by Crippen LogP contribution is 2.39. The maximum atomic E-state index is 12.3. The molecule has 0 spiro atoms. The van der Waals surface area contributed by atoms with E-state index in [0.29, 0.717) is 22.8 Å². The fourth-order valence-corrected chi connectivity index (χ4v) is 2.85. The van der Waals surface area contributed by atoms with Gasteiger partial charge in [0.2, 0.25) is 11.6 Å². The summed E-state index contributed by atoms with van der Waals surface area (Å²) >= 11 is 0. The summed E-state index contributed by atoms with van der Waals surface area (Å²) in [7, 11) is 4.44. The van der Waals surface area contributed by atoms with Crippen LogP contribution in [0.15, 0.2) is 41.0 Å². The highest BCUT2D eigenvalue weighted by molar-refractivity contribution is 6.14. The number of ether oxygens (including phenoxy) is 4. The predicted octanol–water partition coefficient (Wildman–Crippen LogP) is 3.27. The number of cyclic esters (lactones) is 1. The molecule has 9 nitrogen and oxygen atoms in total. The van der Waals surface area contributed by atoms with Gasteiger partial charge in [-0.15, -0.1) is 0 Å². The van der Waals surface area contributed by atoms with Crippen molar-refractivity contribution in [1.29, 1.82) is 0 Å². The Bertz CT molecular complexity index is 1030. The van der Waals surface area contributed by atoms with E-state index in [1.54, 1.807) is 31.2 Å². The minimum atomic E-state index is -0.718. The number of rotatable bonds is 6. The van der Waals surface area contributed by atoms with Crippen LogP contribution in [0.1, 0.15) is 16.7 Å². The van der Waals surface area contributed by atoms with Crippen LogP contribution in [0.2, 0.25) is 0 Å². The molecule has 1 heterocycles. The van der Waals surface area contributed by atoms with Crippen molar-refractivity contribution in [1.82, 2.24) is 0 Å². The normalized spacial score (nSPS) is 14.4.